The molecular weight excluding hydrogens is 476 g/mol. The summed E-state index contributed by atoms with van der Waals surface area (Å²) in [6, 6.07) is 22.2. The molecule has 0 N–H and O–H groups in total. The molecule has 0 bridgehead atoms. The van der Waals surface area contributed by atoms with E-state index in [0.717, 1.165) is 39.1 Å². The number of hydrogen-bond acceptors (Lipinski definition) is 5. The van der Waals surface area contributed by atoms with Crippen molar-refractivity contribution >= 4 is 23.6 Å². The maximum atomic E-state index is 14.6. The normalized spacial score (nSPS) is 22.4. The van der Waals surface area contributed by atoms with Crippen molar-refractivity contribution in [3.05, 3.63) is 118 Å². The quantitative estimate of drug-likeness (QED) is 0.326. The van der Waals surface area contributed by atoms with Crippen LogP contribution < -0.4 is 4.90 Å². The van der Waals surface area contributed by atoms with Gasteiger partial charge in [0.2, 0.25) is 0 Å². The van der Waals surface area contributed by atoms with E-state index in [0.29, 0.717) is 12.2 Å². The standard InChI is InChI=1S/C32H30N2O4/c1-4-37-28(35)18-25-19-32(38-30-26-13-9-8-12-24(26)14-15-33(25)30)27-17-21(2)16-22(3)29(27)34(31(32)36)20-23-10-6-5-7-11-23/h5-18,30H,4,19-20H2,1-3H3/b25-18-/t30-,32-/m0/s1. The summed E-state index contributed by atoms with van der Waals surface area (Å²) in [4.78, 5) is 31.1. The largest absolute Gasteiger partial charge is 0.463 e. The summed E-state index contributed by atoms with van der Waals surface area (Å²) < 4.78 is 12.2. The monoisotopic (exact) mass is 506 g/mol. The Hall–Kier alpha value is -4.16. The molecule has 0 radical (unpaired) electrons. The molecule has 6 nitrogen and oxygen atoms in total. The molecule has 0 unspecified atom stereocenters. The maximum Gasteiger partial charge on any atom is 0.332 e. The van der Waals surface area contributed by atoms with Gasteiger partial charge in [-0.05, 0) is 43.5 Å². The lowest BCUT2D eigenvalue weighted by molar-refractivity contribution is -0.184. The van der Waals surface area contributed by atoms with Crippen LogP contribution in [0.15, 0.2) is 84.7 Å². The second kappa shape index (κ2) is 9.30. The number of anilines is 1. The molecule has 192 valence electrons. The predicted molar refractivity (Wildman–Crippen MR) is 146 cm³/mol. The van der Waals surface area contributed by atoms with Crippen molar-refractivity contribution in [2.24, 2.45) is 0 Å². The van der Waals surface area contributed by atoms with E-state index in [1.54, 1.807) is 6.92 Å². The second-order valence-corrected chi connectivity index (χ2v) is 10.1. The molecule has 3 aromatic rings. The lowest BCUT2D eigenvalue weighted by atomic mass is 9.85. The number of carbonyl (C=O) groups excluding carboxylic acids is 2. The zero-order chi connectivity index (χ0) is 26.4. The van der Waals surface area contributed by atoms with Crippen molar-refractivity contribution in [3.8, 4) is 0 Å². The Balaban J connectivity index is 1.53. The van der Waals surface area contributed by atoms with Gasteiger partial charge in [0.05, 0.1) is 18.8 Å². The fourth-order valence-corrected chi connectivity index (χ4v) is 5.93. The van der Waals surface area contributed by atoms with E-state index in [1.165, 1.54) is 6.08 Å². The lowest BCUT2D eigenvalue weighted by Crippen LogP contribution is -2.50. The highest BCUT2D eigenvalue weighted by molar-refractivity contribution is 6.08. The van der Waals surface area contributed by atoms with Crippen molar-refractivity contribution in [2.45, 2.75) is 45.6 Å². The molecule has 0 aliphatic carbocycles. The van der Waals surface area contributed by atoms with Gasteiger partial charge in [0.1, 0.15) is 0 Å². The summed E-state index contributed by atoms with van der Waals surface area (Å²) in [5.41, 5.74) is 6.22. The number of hydrogen-bond donors (Lipinski definition) is 0. The van der Waals surface area contributed by atoms with Crippen LogP contribution in [0.2, 0.25) is 0 Å². The van der Waals surface area contributed by atoms with Crippen molar-refractivity contribution in [3.63, 3.8) is 0 Å². The van der Waals surface area contributed by atoms with Gasteiger partial charge >= 0.3 is 5.97 Å². The number of benzene rings is 3. The summed E-state index contributed by atoms with van der Waals surface area (Å²) in [6.07, 6.45) is 5.09. The highest BCUT2D eigenvalue weighted by Crippen LogP contribution is 2.55. The minimum atomic E-state index is -1.28. The van der Waals surface area contributed by atoms with Crippen LogP contribution in [-0.2, 0) is 31.2 Å². The minimum absolute atomic E-state index is 0.119. The summed E-state index contributed by atoms with van der Waals surface area (Å²) in [5, 5.41) is 0. The molecular formula is C32H30N2O4. The van der Waals surface area contributed by atoms with Gasteiger partial charge in [-0.1, -0.05) is 72.3 Å². The third-order valence-corrected chi connectivity index (χ3v) is 7.50. The summed E-state index contributed by atoms with van der Waals surface area (Å²) >= 11 is 0. The van der Waals surface area contributed by atoms with Gasteiger partial charge in [0, 0.05) is 35.5 Å². The van der Waals surface area contributed by atoms with Gasteiger partial charge in [0.15, 0.2) is 11.8 Å². The number of ether oxygens (including phenoxy) is 2. The third-order valence-electron chi connectivity index (χ3n) is 7.50. The van der Waals surface area contributed by atoms with Gasteiger partial charge in [-0.25, -0.2) is 4.79 Å². The molecule has 1 amide bonds. The summed E-state index contributed by atoms with van der Waals surface area (Å²) in [7, 11) is 0. The molecule has 38 heavy (non-hydrogen) atoms. The first kappa shape index (κ1) is 24.2. The third kappa shape index (κ3) is 3.84. The van der Waals surface area contributed by atoms with Crippen molar-refractivity contribution < 1.29 is 19.1 Å². The van der Waals surface area contributed by atoms with Crippen LogP contribution in [-0.4, -0.2) is 23.4 Å². The first-order valence-electron chi connectivity index (χ1n) is 13.0. The molecule has 1 spiro atoms. The van der Waals surface area contributed by atoms with Gasteiger partial charge < -0.3 is 19.3 Å². The Morgan fingerprint density at radius 2 is 1.87 bits per heavy atom. The van der Waals surface area contributed by atoms with Crippen LogP contribution >= 0.6 is 0 Å². The highest BCUT2D eigenvalue weighted by Gasteiger charge is 2.58. The van der Waals surface area contributed by atoms with E-state index in [9.17, 15) is 9.59 Å². The second-order valence-electron chi connectivity index (χ2n) is 10.1. The number of amides is 1. The molecule has 3 heterocycles. The number of esters is 1. The molecule has 0 aromatic heterocycles. The molecule has 6 rings (SSSR count). The van der Waals surface area contributed by atoms with Gasteiger partial charge in [0.25, 0.3) is 5.91 Å². The zero-order valence-electron chi connectivity index (χ0n) is 21.8. The molecule has 6 heteroatoms. The van der Waals surface area contributed by atoms with Crippen LogP contribution in [0.3, 0.4) is 0 Å². The first-order valence-corrected chi connectivity index (χ1v) is 13.0. The van der Waals surface area contributed by atoms with Gasteiger partial charge in [-0.15, -0.1) is 0 Å². The number of nitrogens with zero attached hydrogens (tertiary/aromatic N) is 2. The van der Waals surface area contributed by atoms with Crippen LogP contribution in [0.5, 0.6) is 0 Å². The van der Waals surface area contributed by atoms with E-state index in [-0.39, 0.29) is 18.9 Å². The van der Waals surface area contributed by atoms with Crippen molar-refractivity contribution in [1.82, 2.24) is 4.90 Å². The van der Waals surface area contributed by atoms with Crippen LogP contribution in [0.1, 0.15) is 53.0 Å². The Kier molecular flexibility index (Phi) is 5.92. The van der Waals surface area contributed by atoms with E-state index in [4.69, 9.17) is 9.47 Å². The topological polar surface area (TPSA) is 59.1 Å². The zero-order valence-corrected chi connectivity index (χ0v) is 21.8. The van der Waals surface area contributed by atoms with Crippen LogP contribution in [0.25, 0.3) is 6.08 Å². The first-order chi connectivity index (χ1) is 18.4. The number of rotatable bonds is 4. The molecule has 3 aromatic carbocycles. The fraction of sp³-hybridized carbons (Fsp3) is 0.250. The summed E-state index contributed by atoms with van der Waals surface area (Å²) in [5.74, 6) is -0.552. The van der Waals surface area contributed by atoms with Crippen LogP contribution in [0.4, 0.5) is 5.69 Å². The van der Waals surface area contributed by atoms with Gasteiger partial charge in [-0.2, -0.15) is 0 Å². The Labute approximate surface area is 222 Å². The molecule has 1 saturated heterocycles. The highest BCUT2D eigenvalue weighted by atomic mass is 16.5. The molecule has 0 saturated carbocycles. The van der Waals surface area contributed by atoms with E-state index in [1.807, 2.05) is 90.5 Å². The van der Waals surface area contributed by atoms with Crippen molar-refractivity contribution in [1.29, 1.82) is 0 Å². The smallest absolute Gasteiger partial charge is 0.332 e. The van der Waals surface area contributed by atoms with E-state index >= 15 is 0 Å². The lowest BCUT2D eigenvalue weighted by Gasteiger charge is -2.47. The Morgan fingerprint density at radius 3 is 2.66 bits per heavy atom. The van der Waals surface area contributed by atoms with E-state index < -0.39 is 17.8 Å². The molecule has 1 fully saturated rings. The van der Waals surface area contributed by atoms with Crippen LogP contribution in [0, 0.1) is 13.8 Å². The molecule has 3 aliphatic heterocycles. The average molecular weight is 507 g/mol. The Bertz CT molecular complexity index is 1490. The Morgan fingerprint density at radius 1 is 1.11 bits per heavy atom. The summed E-state index contributed by atoms with van der Waals surface area (Å²) in [6.45, 7) is 6.57. The number of carbonyl (C=O) groups is 2. The van der Waals surface area contributed by atoms with Crippen molar-refractivity contribution in [2.75, 3.05) is 11.5 Å². The number of fused-ring (bicyclic) bond motifs is 5. The van der Waals surface area contributed by atoms with Gasteiger partial charge in [-0.3, -0.25) is 4.79 Å². The fourth-order valence-electron chi connectivity index (χ4n) is 5.93. The molecule has 2 atom stereocenters. The SMILES string of the molecule is CCOC(=O)/C=C1/C[C@@]2(O[C@H]3c4ccccc4C=CN13)C(=O)N(Cc1ccccc1)c1c(C)cc(C)cc12. The number of aryl methyl sites for hydroxylation is 2. The van der Waals surface area contributed by atoms with E-state index in [2.05, 4.69) is 12.1 Å². The minimum Gasteiger partial charge on any atom is -0.463 e. The average Bonchev–Trinajstić information content (AvgIpc) is 3.12. The molecule has 3 aliphatic rings. The predicted octanol–water partition coefficient (Wildman–Crippen LogP) is 5.90. The maximum absolute atomic E-state index is 14.6.